The van der Waals surface area contributed by atoms with Crippen LogP contribution in [0.3, 0.4) is 0 Å². The number of rotatable bonds is 6. The standard InChI is InChI=1S/C14H21NO4S/c1-14(2,3)13(11-7-5-4-6-8-11)15-20(18,19)10-9-12(16)17/h4-8,13,15H,9-10H2,1-3H3,(H,16,17). The minimum Gasteiger partial charge on any atom is -0.481 e. The molecule has 6 heteroatoms. The molecule has 1 unspecified atom stereocenters. The Morgan fingerprint density at radius 1 is 1.25 bits per heavy atom. The minimum atomic E-state index is -3.64. The van der Waals surface area contributed by atoms with Crippen LogP contribution in [0.15, 0.2) is 30.3 Å². The third-order valence-corrected chi connectivity index (χ3v) is 4.22. The number of hydrogen-bond acceptors (Lipinski definition) is 3. The van der Waals surface area contributed by atoms with E-state index in [0.717, 1.165) is 5.56 Å². The normalized spacial score (nSPS) is 13.9. The van der Waals surface area contributed by atoms with E-state index in [-0.39, 0.29) is 5.41 Å². The van der Waals surface area contributed by atoms with Gasteiger partial charge in [0.15, 0.2) is 0 Å². The maximum atomic E-state index is 12.0. The summed E-state index contributed by atoms with van der Waals surface area (Å²) in [7, 11) is -3.64. The highest BCUT2D eigenvalue weighted by molar-refractivity contribution is 7.89. The summed E-state index contributed by atoms with van der Waals surface area (Å²) in [6.45, 7) is 5.80. The summed E-state index contributed by atoms with van der Waals surface area (Å²) in [5.41, 5.74) is 0.538. The number of carboxylic acids is 1. The van der Waals surface area contributed by atoms with Gasteiger partial charge in [0.1, 0.15) is 0 Å². The number of aliphatic carboxylic acids is 1. The van der Waals surface area contributed by atoms with E-state index in [1.165, 1.54) is 0 Å². The lowest BCUT2D eigenvalue weighted by molar-refractivity contribution is -0.136. The summed E-state index contributed by atoms with van der Waals surface area (Å²) in [6, 6.07) is 8.87. The van der Waals surface area contributed by atoms with Crippen LogP contribution in [0.1, 0.15) is 38.8 Å². The summed E-state index contributed by atoms with van der Waals surface area (Å²) >= 11 is 0. The van der Waals surface area contributed by atoms with Crippen molar-refractivity contribution in [3.8, 4) is 0 Å². The summed E-state index contributed by atoms with van der Waals surface area (Å²) in [5, 5.41) is 8.60. The molecule has 0 aromatic heterocycles. The Hall–Kier alpha value is -1.40. The van der Waals surface area contributed by atoms with Crippen LogP contribution < -0.4 is 4.72 Å². The van der Waals surface area contributed by atoms with E-state index in [1.807, 2.05) is 51.1 Å². The Bertz CT molecular complexity index is 546. The highest BCUT2D eigenvalue weighted by Gasteiger charge is 2.30. The smallest absolute Gasteiger partial charge is 0.304 e. The lowest BCUT2D eigenvalue weighted by Crippen LogP contribution is -2.38. The molecule has 0 spiro atoms. The average molecular weight is 299 g/mol. The SMILES string of the molecule is CC(C)(C)C(NS(=O)(=O)CCC(=O)O)c1ccccc1. The number of benzene rings is 1. The number of carbonyl (C=O) groups is 1. The third kappa shape index (κ3) is 5.30. The van der Waals surface area contributed by atoms with Gasteiger partial charge in [-0.1, -0.05) is 51.1 Å². The second-order valence-corrected chi connectivity index (χ2v) is 7.66. The molecule has 0 aliphatic carbocycles. The summed E-state index contributed by atoms with van der Waals surface area (Å²) in [6.07, 6.45) is -0.402. The molecule has 20 heavy (non-hydrogen) atoms. The quantitative estimate of drug-likeness (QED) is 0.843. The van der Waals surface area contributed by atoms with Crippen molar-refractivity contribution in [2.75, 3.05) is 5.75 Å². The fourth-order valence-corrected chi connectivity index (χ4v) is 3.26. The molecule has 2 N–H and O–H groups in total. The predicted molar refractivity (Wildman–Crippen MR) is 77.8 cm³/mol. The minimum absolute atomic E-state index is 0.322. The first-order chi connectivity index (χ1) is 9.12. The molecule has 1 aromatic rings. The van der Waals surface area contributed by atoms with Crippen molar-refractivity contribution in [2.45, 2.75) is 33.2 Å². The number of sulfonamides is 1. The molecular formula is C14H21NO4S. The molecule has 0 amide bonds. The molecule has 0 saturated heterocycles. The highest BCUT2D eigenvalue weighted by Crippen LogP contribution is 2.33. The van der Waals surface area contributed by atoms with E-state index < -0.39 is 34.2 Å². The van der Waals surface area contributed by atoms with Crippen LogP contribution in [0.2, 0.25) is 0 Å². The van der Waals surface area contributed by atoms with Gasteiger partial charge in [-0.2, -0.15) is 0 Å². The fourth-order valence-electron chi connectivity index (χ4n) is 1.85. The van der Waals surface area contributed by atoms with Crippen molar-refractivity contribution in [3.63, 3.8) is 0 Å². The monoisotopic (exact) mass is 299 g/mol. The molecule has 0 saturated carbocycles. The van der Waals surface area contributed by atoms with Gasteiger partial charge in [-0.25, -0.2) is 13.1 Å². The third-order valence-electron chi connectivity index (χ3n) is 2.88. The van der Waals surface area contributed by atoms with Crippen molar-refractivity contribution in [3.05, 3.63) is 35.9 Å². The molecule has 1 rings (SSSR count). The molecule has 0 heterocycles. The zero-order valence-corrected chi connectivity index (χ0v) is 12.8. The van der Waals surface area contributed by atoms with Crippen molar-refractivity contribution >= 4 is 16.0 Å². The highest BCUT2D eigenvalue weighted by atomic mass is 32.2. The topological polar surface area (TPSA) is 83.5 Å². The molecule has 5 nitrogen and oxygen atoms in total. The Morgan fingerprint density at radius 3 is 2.25 bits per heavy atom. The molecule has 112 valence electrons. The van der Waals surface area contributed by atoms with E-state index in [4.69, 9.17) is 5.11 Å². The van der Waals surface area contributed by atoms with Crippen LogP contribution in [0, 0.1) is 5.41 Å². The average Bonchev–Trinajstić information content (AvgIpc) is 2.34. The van der Waals surface area contributed by atoms with Crippen molar-refractivity contribution in [1.82, 2.24) is 4.72 Å². The predicted octanol–water partition coefficient (Wildman–Crippen LogP) is 2.17. The van der Waals surface area contributed by atoms with Crippen LogP contribution in [-0.2, 0) is 14.8 Å². The first-order valence-corrected chi connectivity index (χ1v) is 8.04. The maximum Gasteiger partial charge on any atom is 0.304 e. The van der Waals surface area contributed by atoms with E-state index in [0.29, 0.717) is 0 Å². The molecular weight excluding hydrogens is 278 g/mol. The Labute approximate surface area is 120 Å². The van der Waals surface area contributed by atoms with Gasteiger partial charge in [0.2, 0.25) is 10.0 Å². The lowest BCUT2D eigenvalue weighted by Gasteiger charge is -2.31. The molecule has 0 bridgehead atoms. The van der Waals surface area contributed by atoms with Crippen molar-refractivity contribution < 1.29 is 18.3 Å². The van der Waals surface area contributed by atoms with Gasteiger partial charge in [0.25, 0.3) is 0 Å². The molecule has 1 aromatic carbocycles. The van der Waals surface area contributed by atoms with Gasteiger partial charge in [0, 0.05) is 0 Å². The second-order valence-electron chi connectivity index (χ2n) is 5.79. The van der Waals surface area contributed by atoms with Crippen LogP contribution in [0.5, 0.6) is 0 Å². The van der Waals surface area contributed by atoms with Crippen LogP contribution in [-0.4, -0.2) is 25.2 Å². The summed E-state index contributed by atoms with van der Waals surface area (Å²) in [4.78, 5) is 10.5. The summed E-state index contributed by atoms with van der Waals surface area (Å²) < 4.78 is 26.6. The summed E-state index contributed by atoms with van der Waals surface area (Å²) in [5.74, 6) is -1.54. The fraction of sp³-hybridized carbons (Fsp3) is 0.500. The first-order valence-electron chi connectivity index (χ1n) is 6.38. The Balaban J connectivity index is 2.95. The largest absolute Gasteiger partial charge is 0.481 e. The van der Waals surface area contributed by atoms with E-state index in [1.54, 1.807) is 0 Å². The van der Waals surface area contributed by atoms with Crippen LogP contribution in [0.4, 0.5) is 0 Å². The van der Waals surface area contributed by atoms with Gasteiger partial charge >= 0.3 is 5.97 Å². The zero-order chi connectivity index (χ0) is 15.4. The number of nitrogens with one attached hydrogen (secondary N) is 1. The van der Waals surface area contributed by atoms with Gasteiger partial charge in [-0.15, -0.1) is 0 Å². The van der Waals surface area contributed by atoms with E-state index >= 15 is 0 Å². The van der Waals surface area contributed by atoms with Crippen LogP contribution >= 0.6 is 0 Å². The number of hydrogen-bond donors (Lipinski definition) is 2. The van der Waals surface area contributed by atoms with Crippen molar-refractivity contribution in [2.24, 2.45) is 5.41 Å². The molecule has 0 radical (unpaired) electrons. The second kappa shape index (κ2) is 6.37. The molecule has 0 aliphatic rings. The zero-order valence-electron chi connectivity index (χ0n) is 12.0. The Kier molecular flexibility index (Phi) is 5.30. The van der Waals surface area contributed by atoms with Crippen molar-refractivity contribution in [1.29, 1.82) is 0 Å². The maximum absolute atomic E-state index is 12.0. The first kappa shape index (κ1) is 16.7. The lowest BCUT2D eigenvalue weighted by atomic mass is 9.83. The Morgan fingerprint density at radius 2 is 1.80 bits per heavy atom. The van der Waals surface area contributed by atoms with Crippen LogP contribution in [0.25, 0.3) is 0 Å². The van der Waals surface area contributed by atoms with E-state index in [2.05, 4.69) is 4.72 Å². The van der Waals surface area contributed by atoms with Gasteiger partial charge in [0.05, 0.1) is 18.2 Å². The molecule has 0 fully saturated rings. The molecule has 1 atom stereocenters. The number of carboxylic acid groups (broad SMARTS) is 1. The van der Waals surface area contributed by atoms with Gasteiger partial charge in [-0.05, 0) is 11.0 Å². The van der Waals surface area contributed by atoms with Gasteiger partial charge in [-0.3, -0.25) is 4.79 Å². The molecule has 0 aliphatic heterocycles. The van der Waals surface area contributed by atoms with E-state index in [9.17, 15) is 13.2 Å². The van der Waals surface area contributed by atoms with Gasteiger partial charge < -0.3 is 5.11 Å².